The van der Waals surface area contributed by atoms with E-state index in [4.69, 9.17) is 5.11 Å². The minimum absolute atomic E-state index is 0.0828. The minimum Gasteiger partial charge on any atom is -0.481 e. The van der Waals surface area contributed by atoms with Gasteiger partial charge in [0, 0.05) is 12.1 Å². The van der Waals surface area contributed by atoms with Crippen LogP contribution >= 0.6 is 0 Å². The molecule has 10 heavy (non-hydrogen) atoms. The molecule has 3 heteroatoms. The Kier molecular flexibility index (Phi) is 1.20. The van der Waals surface area contributed by atoms with E-state index in [1.54, 1.807) is 0 Å². The van der Waals surface area contributed by atoms with E-state index in [9.17, 15) is 4.79 Å². The Morgan fingerprint density at radius 2 is 2.20 bits per heavy atom. The second-order valence-corrected chi connectivity index (χ2v) is 3.23. The minimum atomic E-state index is -0.641. The van der Waals surface area contributed by atoms with E-state index in [1.807, 2.05) is 0 Å². The first-order valence-electron chi connectivity index (χ1n) is 3.76. The highest BCUT2D eigenvalue weighted by atomic mass is 16.4. The van der Waals surface area contributed by atoms with Gasteiger partial charge in [-0.15, -0.1) is 0 Å². The van der Waals surface area contributed by atoms with Crippen molar-refractivity contribution in [1.82, 2.24) is 5.32 Å². The Morgan fingerprint density at radius 1 is 1.50 bits per heavy atom. The Labute approximate surface area is 59.4 Å². The van der Waals surface area contributed by atoms with Gasteiger partial charge in [-0.3, -0.25) is 4.79 Å². The number of aliphatic carboxylic acids is 1. The summed E-state index contributed by atoms with van der Waals surface area (Å²) in [5.74, 6) is -0.723. The standard InChI is InChI=1S/C7H11NO2/c9-7(10)5-3-6(5)8-4-1-2-4/h4-6,8H,1-3H2,(H,9,10). The summed E-state index contributed by atoms with van der Waals surface area (Å²) in [6.45, 7) is 0. The second kappa shape index (κ2) is 1.95. The third-order valence-corrected chi connectivity index (χ3v) is 2.13. The second-order valence-electron chi connectivity index (χ2n) is 3.23. The normalized spacial score (nSPS) is 37.6. The van der Waals surface area contributed by atoms with Crippen molar-refractivity contribution >= 4 is 5.97 Å². The van der Waals surface area contributed by atoms with Crippen molar-refractivity contribution in [3.8, 4) is 0 Å². The van der Waals surface area contributed by atoms with Gasteiger partial charge >= 0.3 is 5.97 Å². The molecule has 2 saturated carbocycles. The molecular weight excluding hydrogens is 130 g/mol. The number of nitrogens with one attached hydrogen (secondary N) is 1. The molecule has 2 unspecified atom stereocenters. The first kappa shape index (κ1) is 6.16. The Morgan fingerprint density at radius 3 is 2.60 bits per heavy atom. The molecule has 0 saturated heterocycles. The quantitative estimate of drug-likeness (QED) is 0.590. The van der Waals surface area contributed by atoms with E-state index >= 15 is 0 Å². The molecule has 0 aromatic heterocycles. The molecule has 0 spiro atoms. The summed E-state index contributed by atoms with van der Waals surface area (Å²) in [6.07, 6.45) is 3.32. The van der Waals surface area contributed by atoms with Crippen LogP contribution in [0.25, 0.3) is 0 Å². The van der Waals surface area contributed by atoms with E-state index in [0.29, 0.717) is 12.1 Å². The highest BCUT2D eigenvalue weighted by molar-refractivity contribution is 5.74. The highest BCUT2D eigenvalue weighted by Gasteiger charge is 2.45. The smallest absolute Gasteiger partial charge is 0.308 e. The van der Waals surface area contributed by atoms with E-state index < -0.39 is 5.97 Å². The van der Waals surface area contributed by atoms with Crippen molar-refractivity contribution in [2.75, 3.05) is 0 Å². The van der Waals surface area contributed by atoms with Gasteiger partial charge in [-0.25, -0.2) is 0 Å². The van der Waals surface area contributed by atoms with Gasteiger partial charge in [0.1, 0.15) is 0 Å². The summed E-state index contributed by atoms with van der Waals surface area (Å²) in [5.41, 5.74) is 0. The zero-order chi connectivity index (χ0) is 7.14. The lowest BCUT2D eigenvalue weighted by Crippen LogP contribution is -2.22. The monoisotopic (exact) mass is 141 g/mol. The molecule has 0 heterocycles. The maximum absolute atomic E-state index is 10.3. The molecule has 2 aliphatic rings. The van der Waals surface area contributed by atoms with Crippen molar-refractivity contribution < 1.29 is 9.90 Å². The average Bonchev–Trinajstić information content (AvgIpc) is 2.63. The highest BCUT2D eigenvalue weighted by Crippen LogP contribution is 2.33. The summed E-state index contributed by atoms with van der Waals surface area (Å²) >= 11 is 0. The summed E-state index contributed by atoms with van der Waals surface area (Å²) in [6, 6.07) is 0.944. The summed E-state index contributed by atoms with van der Waals surface area (Å²) in [5, 5.41) is 11.8. The predicted molar refractivity (Wildman–Crippen MR) is 35.7 cm³/mol. The van der Waals surface area contributed by atoms with Gasteiger partial charge in [0.15, 0.2) is 0 Å². The maximum Gasteiger partial charge on any atom is 0.308 e. The largest absolute Gasteiger partial charge is 0.481 e. The van der Waals surface area contributed by atoms with Crippen LogP contribution in [-0.2, 0) is 4.79 Å². The Balaban J connectivity index is 1.73. The molecule has 56 valence electrons. The van der Waals surface area contributed by atoms with Gasteiger partial charge in [-0.2, -0.15) is 0 Å². The van der Waals surface area contributed by atoms with Crippen LogP contribution in [0.15, 0.2) is 0 Å². The van der Waals surface area contributed by atoms with E-state index in [2.05, 4.69) is 5.32 Å². The zero-order valence-electron chi connectivity index (χ0n) is 5.71. The van der Waals surface area contributed by atoms with Crippen LogP contribution in [-0.4, -0.2) is 23.2 Å². The van der Waals surface area contributed by atoms with Gasteiger partial charge < -0.3 is 10.4 Å². The molecule has 2 N–H and O–H groups in total. The van der Waals surface area contributed by atoms with Gasteiger partial charge in [-0.05, 0) is 19.3 Å². The Bertz CT molecular complexity index is 165. The third-order valence-electron chi connectivity index (χ3n) is 2.13. The lowest BCUT2D eigenvalue weighted by Gasteiger charge is -1.96. The molecule has 3 nitrogen and oxygen atoms in total. The lowest BCUT2D eigenvalue weighted by atomic mass is 10.4. The van der Waals surface area contributed by atoms with Gasteiger partial charge in [0.05, 0.1) is 5.92 Å². The third kappa shape index (κ3) is 1.14. The Hall–Kier alpha value is -0.570. The van der Waals surface area contributed by atoms with E-state index in [1.165, 1.54) is 12.8 Å². The van der Waals surface area contributed by atoms with Crippen LogP contribution in [0, 0.1) is 5.92 Å². The van der Waals surface area contributed by atoms with Crippen molar-refractivity contribution in [3.05, 3.63) is 0 Å². The molecule has 2 atom stereocenters. The van der Waals surface area contributed by atoms with Gasteiger partial charge in [0.25, 0.3) is 0 Å². The molecule has 0 amide bonds. The number of hydrogen-bond donors (Lipinski definition) is 2. The summed E-state index contributed by atoms with van der Waals surface area (Å²) in [4.78, 5) is 10.3. The SMILES string of the molecule is O=C(O)C1CC1NC1CC1. The molecule has 2 fully saturated rings. The summed E-state index contributed by atoms with van der Waals surface area (Å²) < 4.78 is 0. The molecule has 0 aromatic carbocycles. The van der Waals surface area contributed by atoms with E-state index in [-0.39, 0.29) is 5.92 Å². The number of rotatable bonds is 3. The fraction of sp³-hybridized carbons (Fsp3) is 0.857. The van der Waals surface area contributed by atoms with Crippen molar-refractivity contribution in [1.29, 1.82) is 0 Å². The fourth-order valence-corrected chi connectivity index (χ4v) is 1.20. The molecule has 0 aromatic rings. The molecule has 0 aliphatic heterocycles. The lowest BCUT2D eigenvalue weighted by molar-refractivity contribution is -0.138. The van der Waals surface area contributed by atoms with Crippen LogP contribution < -0.4 is 5.32 Å². The van der Waals surface area contributed by atoms with Crippen LogP contribution in [0.3, 0.4) is 0 Å². The summed E-state index contributed by atoms with van der Waals surface area (Å²) in [7, 11) is 0. The maximum atomic E-state index is 10.3. The van der Waals surface area contributed by atoms with Crippen LogP contribution in [0.1, 0.15) is 19.3 Å². The molecular formula is C7H11NO2. The predicted octanol–water partition coefficient (Wildman–Crippen LogP) is 0.211. The fourth-order valence-electron chi connectivity index (χ4n) is 1.20. The van der Waals surface area contributed by atoms with Crippen molar-refractivity contribution in [2.24, 2.45) is 5.92 Å². The molecule has 2 rings (SSSR count). The van der Waals surface area contributed by atoms with Crippen molar-refractivity contribution in [3.63, 3.8) is 0 Å². The number of carboxylic acid groups (broad SMARTS) is 1. The number of hydrogen-bond acceptors (Lipinski definition) is 2. The van der Waals surface area contributed by atoms with Crippen LogP contribution in [0.4, 0.5) is 0 Å². The topological polar surface area (TPSA) is 49.3 Å². The zero-order valence-corrected chi connectivity index (χ0v) is 5.71. The van der Waals surface area contributed by atoms with Gasteiger partial charge in [0.2, 0.25) is 0 Å². The van der Waals surface area contributed by atoms with Crippen LogP contribution in [0.5, 0.6) is 0 Å². The first-order chi connectivity index (χ1) is 4.77. The average molecular weight is 141 g/mol. The van der Waals surface area contributed by atoms with Crippen LogP contribution in [0.2, 0.25) is 0 Å². The number of carbonyl (C=O) groups is 1. The molecule has 0 radical (unpaired) electrons. The van der Waals surface area contributed by atoms with E-state index in [0.717, 1.165) is 6.42 Å². The van der Waals surface area contributed by atoms with Gasteiger partial charge in [-0.1, -0.05) is 0 Å². The number of carboxylic acids is 1. The molecule has 0 bridgehead atoms. The molecule has 2 aliphatic carbocycles. The first-order valence-corrected chi connectivity index (χ1v) is 3.76. The van der Waals surface area contributed by atoms with Crippen molar-refractivity contribution in [2.45, 2.75) is 31.3 Å².